The quantitative estimate of drug-likeness (QED) is 0.765. The van der Waals surface area contributed by atoms with Gasteiger partial charge in [-0.3, -0.25) is 0 Å². The van der Waals surface area contributed by atoms with E-state index in [0.717, 1.165) is 24.9 Å². The van der Waals surface area contributed by atoms with Gasteiger partial charge in [0.05, 0.1) is 11.2 Å². The lowest BCUT2D eigenvalue weighted by Crippen LogP contribution is -2.33. The van der Waals surface area contributed by atoms with Gasteiger partial charge in [-0.1, -0.05) is 18.2 Å². The van der Waals surface area contributed by atoms with Gasteiger partial charge in [-0.15, -0.1) is 10.2 Å². The normalized spacial score (nSPS) is 24.4. The summed E-state index contributed by atoms with van der Waals surface area (Å²) in [6.07, 6.45) is 1.56. The monoisotopic (exact) mass is 376 g/mol. The lowest BCUT2D eigenvalue weighted by atomic mass is 9.95. The van der Waals surface area contributed by atoms with Gasteiger partial charge in [0, 0.05) is 25.2 Å². The minimum atomic E-state index is -3.20. The van der Waals surface area contributed by atoms with Crippen molar-refractivity contribution in [3.05, 3.63) is 36.2 Å². The van der Waals surface area contributed by atoms with Crippen molar-refractivity contribution in [2.45, 2.75) is 24.0 Å². The summed E-state index contributed by atoms with van der Waals surface area (Å²) in [4.78, 5) is 2.08. The van der Waals surface area contributed by atoms with E-state index in [2.05, 4.69) is 15.1 Å². The second-order valence-electron chi connectivity index (χ2n) is 7.50. The molecular formula is C18H24N4O3S. The van der Waals surface area contributed by atoms with Gasteiger partial charge >= 0.3 is 0 Å². The largest absolute Gasteiger partial charge is 0.420 e. The zero-order chi connectivity index (χ0) is 18.3. The second kappa shape index (κ2) is 6.75. The van der Waals surface area contributed by atoms with Crippen molar-refractivity contribution >= 4 is 10.0 Å². The topological polar surface area (TPSA) is 79.5 Å². The summed E-state index contributed by atoms with van der Waals surface area (Å²) in [6, 6.07) is 9.63. The van der Waals surface area contributed by atoms with E-state index < -0.39 is 10.0 Å². The average Bonchev–Trinajstić information content (AvgIpc) is 3.23. The van der Waals surface area contributed by atoms with Crippen LogP contribution in [0.25, 0.3) is 11.5 Å². The first-order valence-corrected chi connectivity index (χ1v) is 10.5. The molecule has 0 amide bonds. The van der Waals surface area contributed by atoms with Crippen LogP contribution in [0.1, 0.15) is 24.7 Å². The van der Waals surface area contributed by atoms with Crippen LogP contribution in [0.4, 0.5) is 0 Å². The van der Waals surface area contributed by atoms with Crippen LogP contribution in [0.3, 0.4) is 0 Å². The van der Waals surface area contributed by atoms with Crippen LogP contribution in [-0.4, -0.2) is 66.8 Å². The van der Waals surface area contributed by atoms with E-state index in [1.54, 1.807) is 4.31 Å². The molecule has 2 fully saturated rings. The number of hydrogen-bond acceptors (Lipinski definition) is 6. The maximum atomic E-state index is 12.7. The number of nitrogens with zero attached hydrogens (tertiary/aromatic N) is 4. The Hall–Kier alpha value is -1.77. The van der Waals surface area contributed by atoms with Crippen molar-refractivity contribution in [2.75, 3.05) is 33.7 Å². The SMILES string of the molecule is CN(C)C[C@H]1CN(S(=O)(=O)C2CC2)C[C@@H]1c1nnc(-c2ccccc2)o1. The Labute approximate surface area is 154 Å². The van der Waals surface area contributed by atoms with Gasteiger partial charge in [0.25, 0.3) is 0 Å². The molecule has 1 saturated heterocycles. The molecule has 2 aliphatic rings. The fraction of sp³-hybridized carbons (Fsp3) is 0.556. The van der Waals surface area contributed by atoms with Crippen molar-refractivity contribution in [1.29, 1.82) is 0 Å². The van der Waals surface area contributed by atoms with E-state index in [1.165, 1.54) is 0 Å². The van der Waals surface area contributed by atoms with Crippen molar-refractivity contribution in [3.8, 4) is 11.5 Å². The third kappa shape index (κ3) is 3.41. The van der Waals surface area contributed by atoms with E-state index in [9.17, 15) is 8.42 Å². The molecule has 2 heterocycles. The molecule has 7 nitrogen and oxygen atoms in total. The first-order chi connectivity index (χ1) is 12.4. The molecule has 0 radical (unpaired) electrons. The Balaban J connectivity index is 1.59. The van der Waals surface area contributed by atoms with Crippen LogP contribution in [0.15, 0.2) is 34.7 Å². The standard InChI is InChI=1S/C18H24N4O3S/c1-21(2)10-14-11-22(26(23,24)15-8-9-15)12-16(14)18-20-19-17(25-18)13-6-4-3-5-7-13/h3-7,14-16H,8-12H2,1-2H3/t14-,16-/m0/s1. The number of hydrogen-bond donors (Lipinski definition) is 0. The highest BCUT2D eigenvalue weighted by Crippen LogP contribution is 2.39. The average molecular weight is 376 g/mol. The van der Waals surface area contributed by atoms with Gasteiger partial charge < -0.3 is 9.32 Å². The van der Waals surface area contributed by atoms with E-state index in [1.807, 2.05) is 44.4 Å². The maximum Gasteiger partial charge on any atom is 0.247 e. The predicted molar refractivity (Wildman–Crippen MR) is 98.0 cm³/mol. The molecule has 8 heteroatoms. The summed E-state index contributed by atoms with van der Waals surface area (Å²) in [6.45, 7) is 1.73. The summed E-state index contributed by atoms with van der Waals surface area (Å²) < 4.78 is 32.9. The molecule has 4 rings (SSSR count). The molecule has 26 heavy (non-hydrogen) atoms. The van der Waals surface area contributed by atoms with E-state index >= 15 is 0 Å². The highest BCUT2D eigenvalue weighted by Gasteiger charge is 2.47. The minimum Gasteiger partial charge on any atom is -0.420 e. The number of benzene rings is 1. The number of aromatic nitrogens is 2. The van der Waals surface area contributed by atoms with Gasteiger partial charge in [-0.2, -0.15) is 0 Å². The zero-order valence-electron chi connectivity index (χ0n) is 15.1. The lowest BCUT2D eigenvalue weighted by molar-refractivity contribution is 0.300. The van der Waals surface area contributed by atoms with Crippen LogP contribution < -0.4 is 0 Å². The molecular weight excluding hydrogens is 352 g/mol. The van der Waals surface area contributed by atoms with Gasteiger partial charge in [0.1, 0.15) is 0 Å². The highest BCUT2D eigenvalue weighted by atomic mass is 32.2. The van der Waals surface area contributed by atoms with Gasteiger partial charge in [0.2, 0.25) is 21.8 Å². The Morgan fingerprint density at radius 1 is 1.15 bits per heavy atom. The molecule has 0 bridgehead atoms. The summed E-state index contributed by atoms with van der Waals surface area (Å²) in [7, 11) is 0.801. The van der Waals surface area contributed by atoms with Crippen LogP contribution in [0, 0.1) is 5.92 Å². The molecule has 1 aliphatic heterocycles. The first kappa shape index (κ1) is 17.6. The molecule has 1 aliphatic carbocycles. The summed E-state index contributed by atoms with van der Waals surface area (Å²) in [5, 5.41) is 8.24. The van der Waals surface area contributed by atoms with Crippen LogP contribution in [0.2, 0.25) is 0 Å². The van der Waals surface area contributed by atoms with Gasteiger partial charge in [-0.25, -0.2) is 12.7 Å². The summed E-state index contributed by atoms with van der Waals surface area (Å²) >= 11 is 0. The third-order valence-electron chi connectivity index (χ3n) is 5.09. The van der Waals surface area contributed by atoms with Crippen molar-refractivity contribution in [2.24, 2.45) is 5.92 Å². The Morgan fingerprint density at radius 3 is 2.54 bits per heavy atom. The van der Waals surface area contributed by atoms with Crippen molar-refractivity contribution < 1.29 is 12.8 Å². The highest BCUT2D eigenvalue weighted by molar-refractivity contribution is 7.90. The molecule has 2 aromatic rings. The smallest absolute Gasteiger partial charge is 0.247 e. The Morgan fingerprint density at radius 2 is 1.88 bits per heavy atom. The van der Waals surface area contributed by atoms with Gasteiger partial charge in [0.15, 0.2) is 0 Å². The Kier molecular flexibility index (Phi) is 4.58. The summed E-state index contributed by atoms with van der Waals surface area (Å²) in [5.41, 5.74) is 0.871. The fourth-order valence-electron chi connectivity index (χ4n) is 3.63. The van der Waals surface area contributed by atoms with Gasteiger partial charge in [-0.05, 0) is 45.0 Å². The molecule has 0 N–H and O–H groups in total. The lowest BCUT2D eigenvalue weighted by Gasteiger charge is -2.19. The molecule has 1 aromatic carbocycles. The number of rotatable bonds is 6. The Bertz CT molecular complexity index is 862. The van der Waals surface area contributed by atoms with E-state index in [4.69, 9.17) is 4.42 Å². The van der Waals surface area contributed by atoms with Crippen LogP contribution in [-0.2, 0) is 10.0 Å². The first-order valence-electron chi connectivity index (χ1n) is 8.97. The molecule has 0 unspecified atom stereocenters. The molecule has 1 aromatic heterocycles. The van der Waals surface area contributed by atoms with Crippen molar-refractivity contribution in [3.63, 3.8) is 0 Å². The zero-order valence-corrected chi connectivity index (χ0v) is 15.9. The molecule has 0 spiro atoms. The minimum absolute atomic E-state index is 0.0733. The van der Waals surface area contributed by atoms with E-state index in [-0.39, 0.29) is 17.1 Å². The molecule has 2 atom stereocenters. The predicted octanol–water partition coefficient (Wildman–Crippen LogP) is 1.81. The van der Waals surface area contributed by atoms with Crippen LogP contribution >= 0.6 is 0 Å². The fourth-order valence-corrected chi connectivity index (χ4v) is 5.55. The van der Waals surface area contributed by atoms with E-state index in [0.29, 0.717) is 24.9 Å². The number of sulfonamides is 1. The van der Waals surface area contributed by atoms with Crippen LogP contribution in [0.5, 0.6) is 0 Å². The second-order valence-corrected chi connectivity index (χ2v) is 9.71. The maximum absolute atomic E-state index is 12.7. The van der Waals surface area contributed by atoms with Crippen molar-refractivity contribution in [1.82, 2.24) is 19.4 Å². The molecule has 140 valence electrons. The summed E-state index contributed by atoms with van der Waals surface area (Å²) in [5.74, 6) is 1.08. The molecule has 1 saturated carbocycles. The third-order valence-corrected chi connectivity index (χ3v) is 7.42.